The zero-order valence-corrected chi connectivity index (χ0v) is 20.4. The van der Waals surface area contributed by atoms with Crippen LogP contribution in [0.15, 0.2) is 41.4 Å². The van der Waals surface area contributed by atoms with Gasteiger partial charge in [-0.3, -0.25) is 4.99 Å². The third-order valence-electron chi connectivity index (χ3n) is 4.48. The van der Waals surface area contributed by atoms with Gasteiger partial charge in [0.05, 0.1) is 21.3 Å². The number of nitrogens with zero attached hydrogens (tertiary/aromatic N) is 1. The van der Waals surface area contributed by atoms with Gasteiger partial charge in [0, 0.05) is 20.1 Å². The number of ether oxygens (including phenoxy) is 3. The first-order valence-electron chi connectivity index (χ1n) is 9.35. The molecular weight excluding hydrogens is 497 g/mol. The molecule has 164 valence electrons. The van der Waals surface area contributed by atoms with E-state index >= 15 is 0 Å². The molecule has 7 nitrogen and oxygen atoms in total. The maximum absolute atomic E-state index is 11.9. The van der Waals surface area contributed by atoms with Crippen LogP contribution in [0, 0.1) is 6.92 Å². The molecule has 2 aromatic rings. The summed E-state index contributed by atoms with van der Waals surface area (Å²) < 4.78 is 15.5. The number of halogens is 1. The molecule has 0 amide bonds. The third kappa shape index (κ3) is 7.08. The minimum atomic E-state index is -0.432. The van der Waals surface area contributed by atoms with E-state index in [0.717, 1.165) is 23.3 Å². The predicted octanol–water partition coefficient (Wildman–Crippen LogP) is 3.32. The number of benzene rings is 2. The van der Waals surface area contributed by atoms with Crippen LogP contribution in [-0.2, 0) is 17.7 Å². The second kappa shape index (κ2) is 12.9. The van der Waals surface area contributed by atoms with Crippen molar-refractivity contribution in [2.75, 3.05) is 34.9 Å². The molecule has 0 aliphatic rings. The van der Waals surface area contributed by atoms with Crippen molar-refractivity contribution in [2.24, 2.45) is 4.99 Å². The van der Waals surface area contributed by atoms with Gasteiger partial charge >= 0.3 is 5.97 Å². The highest BCUT2D eigenvalue weighted by Crippen LogP contribution is 2.21. The summed E-state index contributed by atoms with van der Waals surface area (Å²) in [5.41, 5.74) is 3.65. The van der Waals surface area contributed by atoms with Crippen molar-refractivity contribution in [3.8, 4) is 11.5 Å². The SMILES string of the molecule is CN=C(NCCc1cc(C)ccc1OC)NCc1ccc(OC)c(C(=O)OC)c1.I. The number of aliphatic imine (C=N–C) groups is 1. The zero-order valence-electron chi connectivity index (χ0n) is 18.1. The Hall–Kier alpha value is -2.49. The van der Waals surface area contributed by atoms with Gasteiger partial charge in [0.1, 0.15) is 17.1 Å². The Morgan fingerprint density at radius 1 is 1.00 bits per heavy atom. The summed E-state index contributed by atoms with van der Waals surface area (Å²) >= 11 is 0. The number of guanidine groups is 1. The molecule has 0 aromatic heterocycles. The van der Waals surface area contributed by atoms with Crippen LogP contribution in [-0.4, -0.2) is 46.9 Å². The van der Waals surface area contributed by atoms with Crippen LogP contribution in [0.1, 0.15) is 27.0 Å². The predicted molar refractivity (Wildman–Crippen MR) is 129 cm³/mol. The molecule has 0 aliphatic heterocycles. The van der Waals surface area contributed by atoms with E-state index in [1.54, 1.807) is 26.3 Å². The van der Waals surface area contributed by atoms with E-state index in [1.165, 1.54) is 19.8 Å². The number of rotatable bonds is 8. The fourth-order valence-corrected chi connectivity index (χ4v) is 2.96. The highest BCUT2D eigenvalue weighted by Gasteiger charge is 2.13. The second-order valence-electron chi connectivity index (χ2n) is 6.44. The first-order valence-corrected chi connectivity index (χ1v) is 9.35. The van der Waals surface area contributed by atoms with Gasteiger partial charge < -0.3 is 24.8 Å². The Labute approximate surface area is 195 Å². The molecule has 0 bridgehead atoms. The lowest BCUT2D eigenvalue weighted by atomic mass is 10.1. The summed E-state index contributed by atoms with van der Waals surface area (Å²) in [4.78, 5) is 16.2. The van der Waals surface area contributed by atoms with Crippen LogP contribution in [0.4, 0.5) is 0 Å². The highest BCUT2D eigenvalue weighted by atomic mass is 127. The Balaban J connectivity index is 0.00000450. The number of nitrogens with one attached hydrogen (secondary N) is 2. The lowest BCUT2D eigenvalue weighted by Gasteiger charge is -2.14. The van der Waals surface area contributed by atoms with Crippen molar-refractivity contribution >= 4 is 35.9 Å². The largest absolute Gasteiger partial charge is 0.496 e. The number of hydrogen-bond donors (Lipinski definition) is 2. The van der Waals surface area contributed by atoms with Gasteiger partial charge in [0.25, 0.3) is 0 Å². The van der Waals surface area contributed by atoms with Crippen LogP contribution in [0.3, 0.4) is 0 Å². The van der Waals surface area contributed by atoms with Crippen LogP contribution in [0.25, 0.3) is 0 Å². The van der Waals surface area contributed by atoms with Gasteiger partial charge in [-0.05, 0) is 42.7 Å². The molecule has 0 saturated carbocycles. The normalized spacial score (nSPS) is 10.6. The van der Waals surface area contributed by atoms with E-state index in [2.05, 4.69) is 28.6 Å². The van der Waals surface area contributed by atoms with Gasteiger partial charge in [-0.15, -0.1) is 24.0 Å². The van der Waals surface area contributed by atoms with Crippen LogP contribution in [0.2, 0.25) is 0 Å². The molecule has 0 heterocycles. The molecule has 2 rings (SSSR count). The number of carbonyl (C=O) groups is 1. The van der Waals surface area contributed by atoms with E-state index in [-0.39, 0.29) is 24.0 Å². The molecular formula is C22H30IN3O4. The van der Waals surface area contributed by atoms with Crippen molar-refractivity contribution in [1.29, 1.82) is 0 Å². The second-order valence-corrected chi connectivity index (χ2v) is 6.44. The molecule has 0 unspecified atom stereocenters. The minimum Gasteiger partial charge on any atom is -0.496 e. The number of esters is 1. The molecule has 0 atom stereocenters. The number of methoxy groups -OCH3 is 3. The maximum Gasteiger partial charge on any atom is 0.341 e. The molecule has 8 heteroatoms. The molecule has 0 aliphatic carbocycles. The Kier molecular flexibility index (Phi) is 11.0. The lowest BCUT2D eigenvalue weighted by molar-refractivity contribution is 0.0597. The summed E-state index contributed by atoms with van der Waals surface area (Å²) in [6, 6.07) is 11.5. The van der Waals surface area contributed by atoms with Crippen LogP contribution >= 0.6 is 24.0 Å². The first kappa shape index (κ1) is 25.5. The fourth-order valence-electron chi connectivity index (χ4n) is 2.96. The van der Waals surface area contributed by atoms with E-state index in [1.807, 2.05) is 18.2 Å². The van der Waals surface area contributed by atoms with Crippen molar-refractivity contribution < 1.29 is 19.0 Å². The minimum absolute atomic E-state index is 0. The Morgan fingerprint density at radius 3 is 2.33 bits per heavy atom. The van der Waals surface area contributed by atoms with Gasteiger partial charge in [-0.2, -0.15) is 0 Å². The number of carbonyl (C=O) groups excluding carboxylic acids is 1. The fraction of sp³-hybridized carbons (Fsp3) is 0.364. The molecule has 0 fully saturated rings. The van der Waals surface area contributed by atoms with Crippen LogP contribution < -0.4 is 20.1 Å². The van der Waals surface area contributed by atoms with Crippen LogP contribution in [0.5, 0.6) is 11.5 Å². The molecule has 30 heavy (non-hydrogen) atoms. The van der Waals surface area contributed by atoms with E-state index < -0.39 is 5.97 Å². The Morgan fingerprint density at radius 2 is 1.70 bits per heavy atom. The van der Waals surface area contributed by atoms with Gasteiger partial charge in [0.2, 0.25) is 0 Å². The average Bonchev–Trinajstić information content (AvgIpc) is 2.75. The summed E-state index contributed by atoms with van der Waals surface area (Å²) in [7, 11) is 6.27. The number of hydrogen-bond acceptors (Lipinski definition) is 5. The van der Waals surface area contributed by atoms with Gasteiger partial charge in [0.15, 0.2) is 5.96 Å². The summed E-state index contributed by atoms with van der Waals surface area (Å²) in [6.45, 7) is 3.27. The molecule has 0 radical (unpaired) electrons. The van der Waals surface area contributed by atoms with E-state index in [4.69, 9.17) is 14.2 Å². The lowest BCUT2D eigenvalue weighted by Crippen LogP contribution is -2.37. The standard InChI is InChI=1S/C22H29N3O4.HI/c1-15-6-8-19(27-3)17(12-15)10-11-24-22(23-2)25-14-16-7-9-20(28-4)18(13-16)21(26)29-5;/h6-9,12-13H,10-11,14H2,1-5H3,(H2,23,24,25);1H. The van der Waals surface area contributed by atoms with Gasteiger partial charge in [-0.25, -0.2) is 4.79 Å². The molecule has 2 aromatic carbocycles. The van der Waals surface area contributed by atoms with E-state index in [0.29, 0.717) is 30.4 Å². The van der Waals surface area contributed by atoms with E-state index in [9.17, 15) is 4.79 Å². The average molecular weight is 527 g/mol. The number of aryl methyl sites for hydroxylation is 1. The third-order valence-corrected chi connectivity index (χ3v) is 4.48. The molecule has 2 N–H and O–H groups in total. The summed E-state index contributed by atoms with van der Waals surface area (Å²) in [5, 5.41) is 6.55. The Bertz CT molecular complexity index is 871. The van der Waals surface area contributed by atoms with Crippen molar-refractivity contribution in [3.63, 3.8) is 0 Å². The van der Waals surface area contributed by atoms with Gasteiger partial charge in [-0.1, -0.05) is 23.8 Å². The quantitative estimate of drug-likeness (QED) is 0.237. The topological polar surface area (TPSA) is 81.2 Å². The first-order chi connectivity index (χ1) is 14.0. The van der Waals surface area contributed by atoms with Crippen molar-refractivity contribution in [3.05, 3.63) is 58.7 Å². The summed E-state index contributed by atoms with van der Waals surface area (Å²) in [6.07, 6.45) is 0.806. The highest BCUT2D eigenvalue weighted by molar-refractivity contribution is 14.0. The monoisotopic (exact) mass is 527 g/mol. The molecule has 0 spiro atoms. The van der Waals surface area contributed by atoms with Crippen molar-refractivity contribution in [1.82, 2.24) is 10.6 Å². The summed E-state index contributed by atoms with van der Waals surface area (Å²) in [5.74, 6) is 1.61. The smallest absolute Gasteiger partial charge is 0.341 e. The maximum atomic E-state index is 11.9. The zero-order chi connectivity index (χ0) is 21.2. The molecule has 0 saturated heterocycles. The van der Waals surface area contributed by atoms with Crippen molar-refractivity contribution in [2.45, 2.75) is 19.9 Å².